The van der Waals surface area contributed by atoms with Crippen molar-refractivity contribution in [1.82, 2.24) is 19.5 Å². The van der Waals surface area contributed by atoms with E-state index in [1.54, 1.807) is 10.8 Å². The van der Waals surface area contributed by atoms with Gasteiger partial charge in [-0.15, -0.1) is 0 Å². The summed E-state index contributed by atoms with van der Waals surface area (Å²) < 4.78 is 1.78. The van der Waals surface area contributed by atoms with Gasteiger partial charge in [0.05, 0.1) is 24.2 Å². The fraction of sp³-hybridized carbons (Fsp3) is 0.421. The van der Waals surface area contributed by atoms with Crippen LogP contribution >= 0.6 is 0 Å². The maximum absolute atomic E-state index is 12.4. The van der Waals surface area contributed by atoms with Crippen molar-refractivity contribution in [2.75, 3.05) is 16.9 Å². The molecule has 7 nitrogen and oxygen atoms in total. The second-order valence-corrected chi connectivity index (χ2v) is 7.23. The Morgan fingerprint density at radius 2 is 2.00 bits per heavy atom. The maximum Gasteiger partial charge on any atom is 0.328 e. The van der Waals surface area contributed by atoms with Crippen LogP contribution in [0.25, 0.3) is 11.3 Å². The maximum atomic E-state index is 12.4. The fourth-order valence-corrected chi connectivity index (χ4v) is 4.15. The number of nitrogens with one attached hydrogen (secondary N) is 2. The number of aromatic amines is 1. The van der Waals surface area contributed by atoms with Crippen LogP contribution in [0.4, 0.5) is 17.2 Å². The van der Waals surface area contributed by atoms with Crippen LogP contribution in [0.2, 0.25) is 0 Å². The molecule has 1 fully saturated rings. The zero-order valence-corrected chi connectivity index (χ0v) is 14.6. The molecule has 5 rings (SSSR count). The monoisotopic (exact) mass is 350 g/mol. The molecule has 1 aromatic carbocycles. The third-order valence-electron chi connectivity index (χ3n) is 5.53. The fourth-order valence-electron chi connectivity index (χ4n) is 4.15. The van der Waals surface area contributed by atoms with Crippen molar-refractivity contribution in [3.05, 3.63) is 40.9 Å². The van der Waals surface area contributed by atoms with Crippen LogP contribution in [0.1, 0.15) is 32.1 Å². The molecule has 1 saturated carbocycles. The molecule has 0 atom stereocenters. The Labute approximate surface area is 151 Å². The van der Waals surface area contributed by atoms with Gasteiger partial charge in [0.2, 0.25) is 0 Å². The number of imidazole rings is 1. The molecule has 0 bridgehead atoms. The highest BCUT2D eigenvalue weighted by atomic mass is 16.1. The number of aromatic nitrogens is 4. The predicted octanol–water partition coefficient (Wildman–Crippen LogP) is 3.22. The molecule has 134 valence electrons. The van der Waals surface area contributed by atoms with Crippen LogP contribution in [-0.2, 0) is 6.54 Å². The number of anilines is 3. The van der Waals surface area contributed by atoms with E-state index >= 15 is 0 Å². The first-order chi connectivity index (χ1) is 12.8. The molecule has 7 heteroatoms. The molecule has 2 N–H and O–H groups in total. The van der Waals surface area contributed by atoms with Crippen molar-refractivity contribution in [1.29, 1.82) is 0 Å². The summed E-state index contributed by atoms with van der Waals surface area (Å²) in [7, 11) is 0. The van der Waals surface area contributed by atoms with Crippen LogP contribution in [0, 0.1) is 5.92 Å². The van der Waals surface area contributed by atoms with Gasteiger partial charge in [-0.3, -0.25) is 9.55 Å². The lowest BCUT2D eigenvalue weighted by Crippen LogP contribution is -2.23. The van der Waals surface area contributed by atoms with Gasteiger partial charge in [0.1, 0.15) is 0 Å². The number of fused-ring (bicyclic) bond motifs is 2. The van der Waals surface area contributed by atoms with E-state index in [-0.39, 0.29) is 5.69 Å². The smallest absolute Gasteiger partial charge is 0.328 e. The van der Waals surface area contributed by atoms with Crippen LogP contribution in [0.3, 0.4) is 0 Å². The summed E-state index contributed by atoms with van der Waals surface area (Å²) in [6.07, 6.45) is 7.94. The number of rotatable bonds is 3. The average molecular weight is 350 g/mol. The number of benzene rings is 1. The van der Waals surface area contributed by atoms with E-state index in [0.29, 0.717) is 23.9 Å². The van der Waals surface area contributed by atoms with E-state index in [1.165, 1.54) is 32.1 Å². The minimum absolute atomic E-state index is 0.109. The molecule has 0 radical (unpaired) electrons. The summed E-state index contributed by atoms with van der Waals surface area (Å²) in [6, 6.07) is 8.14. The van der Waals surface area contributed by atoms with Gasteiger partial charge in [0.25, 0.3) is 0 Å². The highest BCUT2D eigenvalue weighted by Crippen LogP contribution is 2.35. The van der Waals surface area contributed by atoms with Gasteiger partial charge in [0.15, 0.2) is 17.1 Å². The third kappa shape index (κ3) is 2.55. The lowest BCUT2D eigenvalue weighted by Gasteiger charge is -2.21. The van der Waals surface area contributed by atoms with Gasteiger partial charge in [-0.1, -0.05) is 31.4 Å². The molecule has 2 aromatic heterocycles. The Kier molecular flexibility index (Phi) is 3.65. The number of para-hydroxylation sites is 2. The second kappa shape index (κ2) is 6.16. The highest BCUT2D eigenvalue weighted by molar-refractivity contribution is 5.81. The Bertz CT molecular complexity index is 1000. The summed E-state index contributed by atoms with van der Waals surface area (Å²) in [5.41, 5.74) is 3.28. The molecule has 0 unspecified atom stereocenters. The molecule has 0 saturated heterocycles. The Hall–Kier alpha value is -2.83. The van der Waals surface area contributed by atoms with Crippen molar-refractivity contribution in [2.45, 2.75) is 38.6 Å². The lowest BCUT2D eigenvalue weighted by atomic mass is 9.89. The Morgan fingerprint density at radius 3 is 2.88 bits per heavy atom. The summed E-state index contributed by atoms with van der Waals surface area (Å²) in [5.74, 6) is 1.31. The van der Waals surface area contributed by atoms with E-state index in [9.17, 15) is 4.79 Å². The summed E-state index contributed by atoms with van der Waals surface area (Å²) in [4.78, 5) is 26.6. The average Bonchev–Trinajstić information content (AvgIpc) is 3.24. The van der Waals surface area contributed by atoms with Gasteiger partial charge < -0.3 is 10.2 Å². The minimum atomic E-state index is -0.109. The zero-order chi connectivity index (χ0) is 17.5. The number of hydrogen-bond acceptors (Lipinski definition) is 5. The standard InChI is InChI=1S/C19H22N6O/c26-19-23-17-18(24(19)11-13-6-2-1-3-7-13)22-16(10-20-17)25-12-21-14-8-4-5-9-15(14)25/h4-5,8-10,13,21H,1-3,6-7,11-12H2,(H,20,23,26). The van der Waals surface area contributed by atoms with Gasteiger partial charge in [-0.05, 0) is 30.9 Å². The van der Waals surface area contributed by atoms with Gasteiger partial charge in [-0.25, -0.2) is 14.8 Å². The Balaban J connectivity index is 1.53. The zero-order valence-electron chi connectivity index (χ0n) is 14.6. The van der Waals surface area contributed by atoms with Crippen LogP contribution < -0.4 is 15.9 Å². The van der Waals surface area contributed by atoms with Crippen LogP contribution in [0.15, 0.2) is 35.3 Å². The van der Waals surface area contributed by atoms with E-state index in [2.05, 4.69) is 32.3 Å². The van der Waals surface area contributed by atoms with Gasteiger partial charge in [-0.2, -0.15) is 0 Å². The third-order valence-corrected chi connectivity index (χ3v) is 5.53. The predicted molar refractivity (Wildman–Crippen MR) is 102 cm³/mol. The van der Waals surface area contributed by atoms with Crippen molar-refractivity contribution in [3.63, 3.8) is 0 Å². The first-order valence-electron chi connectivity index (χ1n) is 9.35. The van der Waals surface area contributed by atoms with Crippen molar-refractivity contribution >= 4 is 28.5 Å². The van der Waals surface area contributed by atoms with Crippen LogP contribution in [0.5, 0.6) is 0 Å². The SMILES string of the molecule is O=c1[nH]c2ncc(N3CNc4ccccc43)nc2n1CC1CCCCC1. The Morgan fingerprint density at radius 1 is 1.15 bits per heavy atom. The summed E-state index contributed by atoms with van der Waals surface area (Å²) >= 11 is 0. The minimum Gasteiger partial charge on any atom is -0.366 e. The molecule has 1 aliphatic heterocycles. The van der Waals surface area contributed by atoms with Crippen LogP contribution in [-0.4, -0.2) is 26.2 Å². The van der Waals surface area contributed by atoms with E-state index in [1.807, 2.05) is 12.1 Å². The topological polar surface area (TPSA) is 78.8 Å². The van der Waals surface area contributed by atoms with Gasteiger partial charge in [0, 0.05) is 6.54 Å². The molecule has 26 heavy (non-hydrogen) atoms. The van der Waals surface area contributed by atoms with Crippen molar-refractivity contribution in [2.24, 2.45) is 5.92 Å². The molecule has 1 aliphatic carbocycles. The summed E-state index contributed by atoms with van der Waals surface area (Å²) in [6.45, 7) is 1.38. The van der Waals surface area contributed by atoms with Gasteiger partial charge >= 0.3 is 5.69 Å². The normalized spacial score (nSPS) is 17.5. The number of H-pyrrole nitrogens is 1. The first-order valence-corrected chi connectivity index (χ1v) is 9.35. The molecule has 0 amide bonds. The van der Waals surface area contributed by atoms with Crippen molar-refractivity contribution in [3.8, 4) is 0 Å². The molecule has 0 spiro atoms. The largest absolute Gasteiger partial charge is 0.366 e. The molecule has 3 aromatic rings. The van der Waals surface area contributed by atoms with E-state index in [0.717, 1.165) is 23.7 Å². The molecular formula is C19H22N6O. The molecule has 2 aliphatic rings. The molecular weight excluding hydrogens is 328 g/mol. The summed E-state index contributed by atoms with van der Waals surface area (Å²) in [5, 5.41) is 3.36. The highest BCUT2D eigenvalue weighted by Gasteiger charge is 2.23. The molecule has 3 heterocycles. The lowest BCUT2D eigenvalue weighted by molar-refractivity contribution is 0.319. The number of nitrogens with zero attached hydrogens (tertiary/aromatic N) is 4. The first kappa shape index (κ1) is 15.4. The van der Waals surface area contributed by atoms with E-state index < -0.39 is 0 Å². The number of hydrogen-bond donors (Lipinski definition) is 2. The second-order valence-electron chi connectivity index (χ2n) is 7.23. The quantitative estimate of drug-likeness (QED) is 0.758. The van der Waals surface area contributed by atoms with Crippen molar-refractivity contribution < 1.29 is 0 Å². The van der Waals surface area contributed by atoms with E-state index in [4.69, 9.17) is 4.98 Å².